The minimum absolute atomic E-state index is 0.118. The molecule has 1 aliphatic rings. The average Bonchev–Trinajstić information content (AvgIpc) is 2.90. The number of nitrogens with one attached hydrogen (secondary N) is 2. The first kappa shape index (κ1) is 23.9. The van der Waals surface area contributed by atoms with Crippen molar-refractivity contribution < 1.29 is 14.6 Å². The van der Waals surface area contributed by atoms with Gasteiger partial charge in [-0.25, -0.2) is 14.2 Å². The first-order valence-electron chi connectivity index (χ1n) is 12.0. The van der Waals surface area contributed by atoms with Crippen molar-refractivity contribution in [2.24, 2.45) is 0 Å². The quantitative estimate of drug-likeness (QED) is 0.254. The molecule has 3 N–H and O–H groups in total. The average molecular weight is 495 g/mol. The van der Waals surface area contributed by atoms with Crippen LogP contribution in [0.5, 0.6) is 5.75 Å². The molecule has 0 aliphatic carbocycles. The number of carbonyl (C=O) groups is 1. The highest BCUT2D eigenvalue weighted by Gasteiger charge is 2.37. The molecule has 4 aromatic rings. The summed E-state index contributed by atoms with van der Waals surface area (Å²) in [6.07, 6.45) is 0. The van der Waals surface area contributed by atoms with Gasteiger partial charge >= 0.3 is 11.7 Å². The Morgan fingerprint density at radius 1 is 1.03 bits per heavy atom. The molecule has 2 heterocycles. The number of phenolic OH excluding ortho intramolecular Hbond substituents is 1. The SMILES string of the molecule is CCOC(=O)C1=C(C)Nc2c(c(Nc3ccc(O)cc3)nc(=O)n2-c2ccccc2)C1c1ccccc1. The molecule has 1 atom stereocenters. The summed E-state index contributed by atoms with van der Waals surface area (Å²) in [5.41, 5.74) is 3.27. The van der Waals surface area contributed by atoms with Gasteiger partial charge in [-0.2, -0.15) is 4.98 Å². The van der Waals surface area contributed by atoms with Gasteiger partial charge in [0.15, 0.2) is 0 Å². The maximum absolute atomic E-state index is 13.4. The Hall–Kier alpha value is -4.85. The first-order chi connectivity index (χ1) is 18.0. The zero-order valence-electron chi connectivity index (χ0n) is 20.4. The molecular formula is C29H26N4O4. The predicted molar refractivity (Wildman–Crippen MR) is 142 cm³/mol. The van der Waals surface area contributed by atoms with Crippen LogP contribution in [0.2, 0.25) is 0 Å². The number of phenols is 1. The number of aromatic hydroxyl groups is 1. The minimum atomic E-state index is -0.570. The third-order valence-electron chi connectivity index (χ3n) is 6.19. The van der Waals surface area contributed by atoms with Crippen molar-refractivity contribution in [2.75, 3.05) is 17.2 Å². The van der Waals surface area contributed by atoms with E-state index in [-0.39, 0.29) is 12.4 Å². The zero-order chi connectivity index (χ0) is 25.9. The smallest absolute Gasteiger partial charge is 0.355 e. The second-order valence-electron chi connectivity index (χ2n) is 8.58. The molecule has 1 unspecified atom stereocenters. The van der Waals surface area contributed by atoms with Crippen LogP contribution in [0.25, 0.3) is 5.69 Å². The molecule has 0 fully saturated rings. The van der Waals surface area contributed by atoms with E-state index in [0.29, 0.717) is 39.8 Å². The molecule has 37 heavy (non-hydrogen) atoms. The van der Waals surface area contributed by atoms with Gasteiger partial charge in [-0.05, 0) is 55.8 Å². The second-order valence-corrected chi connectivity index (χ2v) is 8.58. The zero-order valence-corrected chi connectivity index (χ0v) is 20.4. The molecule has 0 radical (unpaired) electrons. The van der Waals surface area contributed by atoms with Crippen molar-refractivity contribution in [1.82, 2.24) is 9.55 Å². The lowest BCUT2D eigenvalue weighted by Crippen LogP contribution is -2.33. The van der Waals surface area contributed by atoms with E-state index in [1.54, 1.807) is 38.1 Å². The molecule has 0 saturated heterocycles. The molecule has 0 bridgehead atoms. The number of carbonyl (C=O) groups excluding carboxylic acids is 1. The summed E-state index contributed by atoms with van der Waals surface area (Å²) in [5.74, 6) is -0.0911. The van der Waals surface area contributed by atoms with Gasteiger partial charge in [-0.15, -0.1) is 0 Å². The Kier molecular flexibility index (Phi) is 6.47. The van der Waals surface area contributed by atoms with Gasteiger partial charge in [0, 0.05) is 16.9 Å². The van der Waals surface area contributed by atoms with Crippen molar-refractivity contribution in [2.45, 2.75) is 19.8 Å². The normalized spacial score (nSPS) is 14.5. The fraction of sp³-hybridized carbons (Fsp3) is 0.138. The monoisotopic (exact) mass is 494 g/mol. The molecule has 1 aromatic heterocycles. The Morgan fingerprint density at radius 3 is 2.32 bits per heavy atom. The summed E-state index contributed by atoms with van der Waals surface area (Å²) in [7, 11) is 0. The lowest BCUT2D eigenvalue weighted by molar-refractivity contribution is -0.138. The molecule has 0 saturated carbocycles. The van der Waals surface area contributed by atoms with Crippen LogP contribution in [0.4, 0.5) is 17.3 Å². The van der Waals surface area contributed by atoms with Gasteiger partial charge in [-0.1, -0.05) is 48.5 Å². The fourth-order valence-electron chi connectivity index (χ4n) is 4.59. The second kappa shape index (κ2) is 10.0. The number of nitrogens with zero attached hydrogens (tertiary/aromatic N) is 2. The van der Waals surface area contributed by atoms with Gasteiger partial charge in [0.05, 0.1) is 23.8 Å². The minimum Gasteiger partial charge on any atom is -0.508 e. The molecule has 3 aromatic carbocycles. The van der Waals surface area contributed by atoms with Crippen LogP contribution in [0, 0.1) is 0 Å². The standard InChI is InChI=1S/C29H26N4O4/c1-3-37-28(35)23-18(2)30-27-25(24(23)19-10-6-4-7-11-19)26(31-20-14-16-22(34)17-15-20)32-29(36)33(27)21-12-8-5-9-13-21/h4-17,24,30,34H,3H2,1-2H3,(H,31,32,36). The van der Waals surface area contributed by atoms with Crippen LogP contribution in [-0.4, -0.2) is 27.2 Å². The van der Waals surface area contributed by atoms with E-state index in [2.05, 4.69) is 15.6 Å². The molecule has 0 spiro atoms. The highest BCUT2D eigenvalue weighted by molar-refractivity contribution is 5.95. The molecule has 186 valence electrons. The van der Waals surface area contributed by atoms with E-state index in [9.17, 15) is 14.7 Å². The number of hydrogen-bond donors (Lipinski definition) is 3. The first-order valence-corrected chi connectivity index (χ1v) is 12.0. The van der Waals surface area contributed by atoms with Crippen LogP contribution in [0.15, 0.2) is 101 Å². The largest absolute Gasteiger partial charge is 0.508 e. The Balaban J connectivity index is 1.81. The van der Waals surface area contributed by atoms with E-state index in [0.717, 1.165) is 5.56 Å². The van der Waals surface area contributed by atoms with Crippen molar-refractivity contribution in [3.05, 3.63) is 118 Å². The summed E-state index contributed by atoms with van der Waals surface area (Å²) in [5, 5.41) is 16.3. The van der Waals surface area contributed by atoms with Crippen molar-refractivity contribution in [3.63, 3.8) is 0 Å². The van der Waals surface area contributed by atoms with Crippen LogP contribution >= 0.6 is 0 Å². The number of anilines is 3. The fourth-order valence-corrected chi connectivity index (χ4v) is 4.59. The number of fused-ring (bicyclic) bond motifs is 1. The van der Waals surface area contributed by atoms with E-state index >= 15 is 0 Å². The van der Waals surface area contributed by atoms with Gasteiger partial charge in [0.2, 0.25) is 0 Å². The molecule has 1 aliphatic heterocycles. The topological polar surface area (TPSA) is 105 Å². The maximum atomic E-state index is 13.4. The number of esters is 1. The van der Waals surface area contributed by atoms with Crippen molar-refractivity contribution in [3.8, 4) is 11.4 Å². The lowest BCUT2D eigenvalue weighted by Gasteiger charge is -2.33. The summed E-state index contributed by atoms with van der Waals surface area (Å²) >= 11 is 0. The summed E-state index contributed by atoms with van der Waals surface area (Å²) < 4.78 is 6.97. The Morgan fingerprint density at radius 2 is 1.68 bits per heavy atom. The number of allylic oxidation sites excluding steroid dienone is 1. The third kappa shape index (κ3) is 4.56. The highest BCUT2D eigenvalue weighted by atomic mass is 16.5. The number of para-hydroxylation sites is 1. The lowest BCUT2D eigenvalue weighted by atomic mass is 9.81. The third-order valence-corrected chi connectivity index (χ3v) is 6.19. The molecule has 5 rings (SSSR count). The van der Waals surface area contributed by atoms with Crippen LogP contribution in [0.1, 0.15) is 30.9 Å². The van der Waals surface area contributed by atoms with E-state index in [1.807, 2.05) is 60.7 Å². The van der Waals surface area contributed by atoms with Gasteiger partial charge in [-0.3, -0.25) is 0 Å². The number of hydrogen-bond acceptors (Lipinski definition) is 7. The van der Waals surface area contributed by atoms with Gasteiger partial charge < -0.3 is 20.5 Å². The molecule has 8 nitrogen and oxygen atoms in total. The van der Waals surface area contributed by atoms with Gasteiger partial charge in [0.1, 0.15) is 17.4 Å². The predicted octanol–water partition coefficient (Wildman–Crippen LogP) is 5.08. The Labute approximate surface area is 213 Å². The van der Waals surface area contributed by atoms with E-state index in [1.165, 1.54) is 4.57 Å². The van der Waals surface area contributed by atoms with Crippen LogP contribution in [0.3, 0.4) is 0 Å². The van der Waals surface area contributed by atoms with Crippen LogP contribution in [-0.2, 0) is 9.53 Å². The molecule has 8 heteroatoms. The summed E-state index contributed by atoms with van der Waals surface area (Å²) in [4.78, 5) is 31.2. The number of aromatic nitrogens is 2. The Bertz CT molecular complexity index is 1530. The number of rotatable bonds is 6. The van der Waals surface area contributed by atoms with Crippen molar-refractivity contribution in [1.29, 1.82) is 0 Å². The van der Waals surface area contributed by atoms with E-state index in [4.69, 9.17) is 4.74 Å². The molecule has 0 amide bonds. The van der Waals surface area contributed by atoms with E-state index < -0.39 is 17.6 Å². The maximum Gasteiger partial charge on any atom is 0.355 e. The number of ether oxygens (including phenoxy) is 1. The number of benzene rings is 3. The van der Waals surface area contributed by atoms with Crippen molar-refractivity contribution >= 4 is 23.3 Å². The summed E-state index contributed by atoms with van der Waals surface area (Å²) in [6, 6.07) is 25.3. The molecular weight excluding hydrogens is 468 g/mol. The highest BCUT2D eigenvalue weighted by Crippen LogP contribution is 2.45. The van der Waals surface area contributed by atoms with Gasteiger partial charge in [0.25, 0.3) is 0 Å². The van der Waals surface area contributed by atoms with Crippen LogP contribution < -0.4 is 16.3 Å². The summed E-state index contributed by atoms with van der Waals surface area (Å²) in [6.45, 7) is 3.80.